The number of esters is 1. The van der Waals surface area contributed by atoms with Gasteiger partial charge < -0.3 is 9.84 Å². The molecule has 9 nitrogen and oxygen atoms in total. The number of nitrogens with zero attached hydrogens (tertiary/aromatic N) is 2. The van der Waals surface area contributed by atoms with Crippen LogP contribution in [-0.4, -0.2) is 60.2 Å². The molecule has 2 atom stereocenters. The second-order valence-electron chi connectivity index (χ2n) is 4.85. The van der Waals surface area contributed by atoms with Gasteiger partial charge in [-0.05, 0) is 5.92 Å². The molecular weight excluding hydrogens is 302 g/mol. The number of aromatic amines is 1. The van der Waals surface area contributed by atoms with Crippen molar-refractivity contribution in [1.82, 2.24) is 14.5 Å². The summed E-state index contributed by atoms with van der Waals surface area (Å²) in [6, 6.07) is 0. The molecule has 0 saturated carbocycles. The van der Waals surface area contributed by atoms with Gasteiger partial charge in [0.25, 0.3) is 10.0 Å². The second-order valence-corrected chi connectivity index (χ2v) is 6.72. The summed E-state index contributed by atoms with van der Waals surface area (Å²) in [5.74, 6) is -2.66. The SMILES string of the molecule is COC(=O)C1CN(S(=O)(=O)c2[nH]ncc2C(=O)O)CC1C. The van der Waals surface area contributed by atoms with Gasteiger partial charge in [0.15, 0.2) is 5.03 Å². The van der Waals surface area contributed by atoms with Gasteiger partial charge in [-0.15, -0.1) is 0 Å². The summed E-state index contributed by atoms with van der Waals surface area (Å²) >= 11 is 0. The summed E-state index contributed by atoms with van der Waals surface area (Å²) in [6.07, 6.45) is 0.937. The summed E-state index contributed by atoms with van der Waals surface area (Å²) in [4.78, 5) is 22.6. The van der Waals surface area contributed by atoms with Crippen LogP contribution in [0.25, 0.3) is 0 Å². The minimum Gasteiger partial charge on any atom is -0.478 e. The fourth-order valence-electron chi connectivity index (χ4n) is 2.33. The Labute approximate surface area is 120 Å². The molecule has 1 aliphatic rings. The summed E-state index contributed by atoms with van der Waals surface area (Å²) in [7, 11) is -2.81. The molecule has 10 heteroatoms. The van der Waals surface area contributed by atoms with Gasteiger partial charge in [-0.2, -0.15) is 9.40 Å². The number of hydrogen-bond acceptors (Lipinski definition) is 6. The molecule has 2 N–H and O–H groups in total. The average Bonchev–Trinajstić information content (AvgIpc) is 3.04. The van der Waals surface area contributed by atoms with E-state index < -0.39 is 38.5 Å². The van der Waals surface area contributed by atoms with E-state index in [0.717, 1.165) is 10.5 Å². The van der Waals surface area contributed by atoms with Crippen molar-refractivity contribution in [1.29, 1.82) is 0 Å². The molecule has 2 rings (SSSR count). The molecule has 0 bridgehead atoms. The number of carboxylic acid groups (broad SMARTS) is 1. The normalized spacial score (nSPS) is 23.1. The topological polar surface area (TPSA) is 130 Å². The maximum absolute atomic E-state index is 12.5. The first kappa shape index (κ1) is 15.4. The molecule has 0 aromatic carbocycles. The Balaban J connectivity index is 2.32. The van der Waals surface area contributed by atoms with Crippen molar-refractivity contribution in [3.63, 3.8) is 0 Å². The van der Waals surface area contributed by atoms with Crippen LogP contribution in [0.3, 0.4) is 0 Å². The number of rotatable bonds is 4. The van der Waals surface area contributed by atoms with Gasteiger partial charge in [-0.1, -0.05) is 6.92 Å². The van der Waals surface area contributed by atoms with Crippen LogP contribution in [-0.2, 0) is 19.6 Å². The van der Waals surface area contributed by atoms with Crippen molar-refractivity contribution in [2.24, 2.45) is 11.8 Å². The van der Waals surface area contributed by atoms with Crippen LogP contribution in [0.2, 0.25) is 0 Å². The summed E-state index contributed by atoms with van der Waals surface area (Å²) in [6.45, 7) is 1.80. The van der Waals surface area contributed by atoms with Gasteiger partial charge in [0.1, 0.15) is 5.56 Å². The summed E-state index contributed by atoms with van der Waals surface area (Å²) in [5, 5.41) is 14.2. The van der Waals surface area contributed by atoms with Crippen LogP contribution < -0.4 is 0 Å². The molecule has 1 aliphatic heterocycles. The molecule has 1 fully saturated rings. The monoisotopic (exact) mass is 317 g/mol. The third-order valence-corrected chi connectivity index (χ3v) is 5.32. The van der Waals surface area contributed by atoms with E-state index in [4.69, 9.17) is 5.11 Å². The predicted octanol–water partition coefficient (Wildman–Crippen LogP) is -0.462. The standard InChI is InChI=1S/C11H15N3O6S/c1-6-4-14(5-8(6)11(17)20-2)21(18,19)9-7(10(15)16)3-12-13-9/h3,6,8H,4-5H2,1-2H3,(H,12,13)(H,15,16). The number of carboxylic acids is 1. The molecule has 1 aromatic rings. The third kappa shape index (κ3) is 2.63. The van der Waals surface area contributed by atoms with Gasteiger partial charge in [-0.25, -0.2) is 13.2 Å². The quantitative estimate of drug-likeness (QED) is 0.718. The molecule has 21 heavy (non-hydrogen) atoms. The molecule has 0 spiro atoms. The molecule has 0 radical (unpaired) electrons. The minimum absolute atomic E-state index is 0.0474. The summed E-state index contributed by atoms with van der Waals surface area (Å²) in [5.41, 5.74) is -0.427. The van der Waals surface area contributed by atoms with Crippen LogP contribution in [0.15, 0.2) is 11.2 Å². The van der Waals surface area contributed by atoms with Gasteiger partial charge in [0, 0.05) is 13.1 Å². The number of hydrogen-bond donors (Lipinski definition) is 2. The minimum atomic E-state index is -4.05. The van der Waals surface area contributed by atoms with Crippen LogP contribution in [0.1, 0.15) is 17.3 Å². The Morgan fingerprint density at radius 3 is 2.71 bits per heavy atom. The first-order chi connectivity index (χ1) is 9.78. The third-order valence-electron chi connectivity index (χ3n) is 3.52. The van der Waals surface area contributed by atoms with E-state index in [1.807, 2.05) is 0 Å². The van der Waals surface area contributed by atoms with E-state index in [2.05, 4.69) is 14.9 Å². The highest BCUT2D eigenvalue weighted by Gasteiger charge is 2.42. The lowest BCUT2D eigenvalue weighted by Crippen LogP contribution is -2.31. The van der Waals surface area contributed by atoms with Gasteiger partial charge in [0.2, 0.25) is 0 Å². The number of ether oxygens (including phenoxy) is 1. The van der Waals surface area contributed by atoms with Crippen LogP contribution in [0.4, 0.5) is 0 Å². The van der Waals surface area contributed by atoms with Crippen molar-refractivity contribution in [3.8, 4) is 0 Å². The molecule has 1 aromatic heterocycles. The molecule has 1 saturated heterocycles. The number of methoxy groups -OCH3 is 1. The van der Waals surface area contributed by atoms with Gasteiger partial charge in [-0.3, -0.25) is 9.89 Å². The maximum Gasteiger partial charge on any atom is 0.340 e. The average molecular weight is 317 g/mol. The van der Waals surface area contributed by atoms with Crippen LogP contribution >= 0.6 is 0 Å². The molecule has 2 heterocycles. The van der Waals surface area contributed by atoms with Crippen LogP contribution in [0.5, 0.6) is 0 Å². The molecule has 0 aliphatic carbocycles. The zero-order chi connectivity index (χ0) is 15.8. The Morgan fingerprint density at radius 1 is 1.48 bits per heavy atom. The Hall–Kier alpha value is -1.94. The number of aromatic nitrogens is 2. The van der Waals surface area contributed by atoms with Crippen molar-refractivity contribution in [2.45, 2.75) is 11.9 Å². The number of H-pyrrole nitrogens is 1. The van der Waals surface area contributed by atoms with Crippen molar-refractivity contribution in [2.75, 3.05) is 20.2 Å². The highest BCUT2D eigenvalue weighted by molar-refractivity contribution is 7.89. The second kappa shape index (κ2) is 5.45. The lowest BCUT2D eigenvalue weighted by atomic mass is 9.99. The molecule has 0 amide bonds. The lowest BCUT2D eigenvalue weighted by molar-refractivity contribution is -0.145. The number of aromatic carboxylic acids is 1. The van der Waals surface area contributed by atoms with Gasteiger partial charge in [0.05, 0.1) is 19.2 Å². The van der Waals surface area contributed by atoms with Crippen molar-refractivity contribution in [3.05, 3.63) is 11.8 Å². The molecule has 116 valence electrons. The number of sulfonamides is 1. The lowest BCUT2D eigenvalue weighted by Gasteiger charge is -2.15. The summed E-state index contributed by atoms with van der Waals surface area (Å²) < 4.78 is 30.6. The van der Waals surface area contributed by atoms with Crippen molar-refractivity contribution < 1.29 is 27.9 Å². The van der Waals surface area contributed by atoms with Crippen LogP contribution in [0, 0.1) is 11.8 Å². The number of carbonyl (C=O) groups is 2. The zero-order valence-corrected chi connectivity index (χ0v) is 12.3. The Kier molecular flexibility index (Phi) is 4.01. The van der Waals surface area contributed by atoms with E-state index in [-0.39, 0.29) is 19.0 Å². The predicted molar refractivity (Wildman–Crippen MR) is 69.0 cm³/mol. The zero-order valence-electron chi connectivity index (χ0n) is 11.4. The van der Waals surface area contributed by atoms with E-state index in [0.29, 0.717) is 0 Å². The largest absolute Gasteiger partial charge is 0.478 e. The fraction of sp³-hybridized carbons (Fsp3) is 0.545. The van der Waals surface area contributed by atoms with Gasteiger partial charge >= 0.3 is 11.9 Å². The highest BCUT2D eigenvalue weighted by atomic mass is 32.2. The maximum atomic E-state index is 12.5. The van der Waals surface area contributed by atoms with E-state index in [9.17, 15) is 18.0 Å². The van der Waals surface area contributed by atoms with E-state index >= 15 is 0 Å². The highest BCUT2D eigenvalue weighted by Crippen LogP contribution is 2.29. The fourth-order valence-corrected chi connectivity index (χ4v) is 3.96. The molecule has 2 unspecified atom stereocenters. The Bertz CT molecular complexity index is 667. The number of nitrogens with one attached hydrogen (secondary N) is 1. The van der Waals surface area contributed by atoms with E-state index in [1.54, 1.807) is 6.92 Å². The van der Waals surface area contributed by atoms with E-state index in [1.165, 1.54) is 7.11 Å². The first-order valence-electron chi connectivity index (χ1n) is 6.13. The first-order valence-corrected chi connectivity index (χ1v) is 7.57. The molecular formula is C11H15N3O6S. The smallest absolute Gasteiger partial charge is 0.340 e. The number of carbonyl (C=O) groups excluding carboxylic acids is 1. The van der Waals surface area contributed by atoms with Crippen molar-refractivity contribution >= 4 is 22.0 Å². The Morgan fingerprint density at radius 2 is 2.14 bits per heavy atom.